The van der Waals surface area contributed by atoms with E-state index in [1.165, 1.54) is 16.7 Å². The lowest BCUT2D eigenvalue weighted by atomic mass is 10.1. The molecule has 0 aromatic heterocycles. The Balaban J connectivity index is 1.36. The summed E-state index contributed by atoms with van der Waals surface area (Å²) in [5, 5.41) is 8.52. The molecule has 30 heavy (non-hydrogen) atoms. The standard InChI is InChI=1S/C28H22N2/c1-3-7-23(8-4-1)11-12-24-13-15-25(16-14-24)17-18-26-19-21-28(22-20-26)30-29-27-9-5-2-6-10-27/h1-22H/b12-11+,18-17+,30-29+. The Bertz CT molecular complexity index is 1040. The lowest BCUT2D eigenvalue weighted by Gasteiger charge is -1.98. The van der Waals surface area contributed by atoms with Gasteiger partial charge in [0.1, 0.15) is 0 Å². The fraction of sp³-hybridized carbons (Fsp3) is 0. The van der Waals surface area contributed by atoms with Crippen LogP contribution in [-0.2, 0) is 0 Å². The van der Waals surface area contributed by atoms with Crippen LogP contribution in [0.2, 0.25) is 0 Å². The molecule has 0 amide bonds. The van der Waals surface area contributed by atoms with Gasteiger partial charge in [0.2, 0.25) is 0 Å². The van der Waals surface area contributed by atoms with Crippen LogP contribution in [0, 0.1) is 0 Å². The lowest BCUT2D eigenvalue weighted by molar-refractivity contribution is 1.23. The highest BCUT2D eigenvalue weighted by Gasteiger charge is 1.93. The average molecular weight is 386 g/mol. The number of hydrogen-bond acceptors (Lipinski definition) is 2. The minimum absolute atomic E-state index is 0.838. The quantitative estimate of drug-likeness (QED) is 0.235. The first-order valence-electron chi connectivity index (χ1n) is 9.93. The molecule has 4 rings (SSSR count). The second kappa shape index (κ2) is 9.94. The summed E-state index contributed by atoms with van der Waals surface area (Å²) in [5.74, 6) is 0. The summed E-state index contributed by atoms with van der Waals surface area (Å²) < 4.78 is 0. The Morgan fingerprint density at radius 2 is 0.667 bits per heavy atom. The van der Waals surface area contributed by atoms with E-state index in [2.05, 4.69) is 70.9 Å². The largest absolute Gasteiger partial charge is 0.151 e. The van der Waals surface area contributed by atoms with Gasteiger partial charge in [-0.2, -0.15) is 10.2 Å². The maximum atomic E-state index is 4.28. The Morgan fingerprint density at radius 1 is 0.333 bits per heavy atom. The molecule has 144 valence electrons. The summed E-state index contributed by atoms with van der Waals surface area (Å²) in [6.45, 7) is 0. The Labute approximate surface area is 177 Å². The Morgan fingerprint density at radius 3 is 1.13 bits per heavy atom. The maximum Gasteiger partial charge on any atom is 0.0857 e. The Hall–Kier alpha value is -4.04. The molecule has 0 N–H and O–H groups in total. The van der Waals surface area contributed by atoms with E-state index in [1.54, 1.807) is 0 Å². The summed E-state index contributed by atoms with van der Waals surface area (Å²) in [6, 6.07) is 36.6. The van der Waals surface area contributed by atoms with Crippen LogP contribution in [0.1, 0.15) is 22.3 Å². The predicted molar refractivity (Wildman–Crippen MR) is 128 cm³/mol. The van der Waals surface area contributed by atoms with Crippen molar-refractivity contribution < 1.29 is 0 Å². The maximum absolute atomic E-state index is 4.28. The van der Waals surface area contributed by atoms with Gasteiger partial charge in [-0.15, -0.1) is 0 Å². The van der Waals surface area contributed by atoms with E-state index in [4.69, 9.17) is 0 Å². The molecule has 4 aromatic rings. The zero-order chi connectivity index (χ0) is 20.4. The fourth-order valence-corrected chi connectivity index (χ4v) is 2.93. The van der Waals surface area contributed by atoms with Crippen molar-refractivity contribution in [3.05, 3.63) is 131 Å². The Kier molecular flexibility index (Phi) is 6.39. The van der Waals surface area contributed by atoms with Gasteiger partial charge in [-0.1, -0.05) is 109 Å². The molecule has 4 aromatic carbocycles. The van der Waals surface area contributed by atoms with Crippen molar-refractivity contribution in [2.45, 2.75) is 0 Å². The molecule has 0 fully saturated rings. The molecule has 0 heterocycles. The minimum Gasteiger partial charge on any atom is -0.151 e. The summed E-state index contributed by atoms with van der Waals surface area (Å²) in [7, 11) is 0. The monoisotopic (exact) mass is 386 g/mol. The zero-order valence-electron chi connectivity index (χ0n) is 16.6. The lowest BCUT2D eigenvalue weighted by Crippen LogP contribution is -1.76. The molecule has 0 unspecified atom stereocenters. The van der Waals surface area contributed by atoms with Crippen molar-refractivity contribution in [3.63, 3.8) is 0 Å². The van der Waals surface area contributed by atoms with Crippen molar-refractivity contribution >= 4 is 35.7 Å². The summed E-state index contributed by atoms with van der Waals surface area (Å²) in [4.78, 5) is 0. The van der Waals surface area contributed by atoms with Crippen LogP contribution in [0.3, 0.4) is 0 Å². The van der Waals surface area contributed by atoms with E-state index in [-0.39, 0.29) is 0 Å². The fourth-order valence-electron chi connectivity index (χ4n) is 2.93. The van der Waals surface area contributed by atoms with Crippen LogP contribution in [0.5, 0.6) is 0 Å². The predicted octanol–water partition coefficient (Wildman–Crippen LogP) is 8.44. The van der Waals surface area contributed by atoms with Crippen LogP contribution < -0.4 is 0 Å². The molecule has 2 heteroatoms. The summed E-state index contributed by atoms with van der Waals surface area (Å²) in [6.07, 6.45) is 8.48. The number of azo groups is 1. The van der Waals surface area contributed by atoms with Crippen molar-refractivity contribution in [3.8, 4) is 0 Å². The van der Waals surface area contributed by atoms with Crippen LogP contribution in [0.15, 0.2) is 119 Å². The van der Waals surface area contributed by atoms with Crippen molar-refractivity contribution in [2.24, 2.45) is 10.2 Å². The molecule has 0 saturated carbocycles. The highest BCUT2D eigenvalue weighted by Crippen LogP contribution is 2.19. The van der Waals surface area contributed by atoms with Crippen LogP contribution in [0.25, 0.3) is 24.3 Å². The average Bonchev–Trinajstić information content (AvgIpc) is 2.83. The molecule has 0 aliphatic carbocycles. The van der Waals surface area contributed by atoms with Gasteiger partial charge >= 0.3 is 0 Å². The normalized spacial score (nSPS) is 11.6. The van der Waals surface area contributed by atoms with E-state index < -0.39 is 0 Å². The highest BCUT2D eigenvalue weighted by atomic mass is 15.1. The first-order chi connectivity index (χ1) is 14.8. The molecule has 0 atom stereocenters. The van der Waals surface area contributed by atoms with Crippen molar-refractivity contribution in [2.75, 3.05) is 0 Å². The molecular weight excluding hydrogens is 364 g/mol. The minimum atomic E-state index is 0.838. The molecule has 2 nitrogen and oxygen atoms in total. The summed E-state index contributed by atoms with van der Waals surface area (Å²) in [5.41, 5.74) is 6.37. The second-order valence-corrected chi connectivity index (χ2v) is 6.87. The molecule has 0 bridgehead atoms. The third kappa shape index (κ3) is 5.73. The number of benzene rings is 4. The van der Waals surface area contributed by atoms with Crippen LogP contribution >= 0.6 is 0 Å². The smallest absolute Gasteiger partial charge is 0.0857 e. The first-order valence-corrected chi connectivity index (χ1v) is 9.93. The van der Waals surface area contributed by atoms with Gasteiger partial charge in [0.15, 0.2) is 0 Å². The van der Waals surface area contributed by atoms with Gasteiger partial charge in [0.25, 0.3) is 0 Å². The summed E-state index contributed by atoms with van der Waals surface area (Å²) >= 11 is 0. The molecule has 0 spiro atoms. The van der Waals surface area contributed by atoms with E-state index in [0.717, 1.165) is 16.9 Å². The number of hydrogen-bond donors (Lipinski definition) is 0. The topological polar surface area (TPSA) is 24.7 Å². The van der Waals surface area contributed by atoms with Gasteiger partial charge in [-0.05, 0) is 46.5 Å². The van der Waals surface area contributed by atoms with E-state index in [9.17, 15) is 0 Å². The van der Waals surface area contributed by atoms with E-state index >= 15 is 0 Å². The van der Waals surface area contributed by atoms with Gasteiger partial charge in [0, 0.05) is 0 Å². The second-order valence-electron chi connectivity index (χ2n) is 6.87. The van der Waals surface area contributed by atoms with Crippen LogP contribution in [0.4, 0.5) is 11.4 Å². The number of rotatable bonds is 6. The molecule has 0 aliphatic heterocycles. The van der Waals surface area contributed by atoms with Gasteiger partial charge in [-0.3, -0.25) is 0 Å². The number of nitrogens with zero attached hydrogens (tertiary/aromatic N) is 2. The molecular formula is C28H22N2. The van der Waals surface area contributed by atoms with E-state index in [1.807, 2.05) is 72.8 Å². The highest BCUT2D eigenvalue weighted by molar-refractivity contribution is 5.73. The third-order valence-corrected chi connectivity index (χ3v) is 4.60. The zero-order valence-corrected chi connectivity index (χ0v) is 16.6. The van der Waals surface area contributed by atoms with Crippen molar-refractivity contribution in [1.82, 2.24) is 0 Å². The first kappa shape index (κ1) is 19.3. The van der Waals surface area contributed by atoms with Gasteiger partial charge < -0.3 is 0 Å². The molecule has 0 aliphatic rings. The van der Waals surface area contributed by atoms with E-state index in [0.29, 0.717) is 0 Å². The SMILES string of the molecule is C(=C\c1ccc(/C=C/c2ccc(/N=N/c3ccccc3)cc2)cc1)/c1ccccc1. The third-order valence-electron chi connectivity index (χ3n) is 4.60. The molecule has 0 radical (unpaired) electrons. The van der Waals surface area contributed by atoms with Gasteiger partial charge in [0.05, 0.1) is 11.4 Å². The van der Waals surface area contributed by atoms with Crippen molar-refractivity contribution in [1.29, 1.82) is 0 Å². The van der Waals surface area contributed by atoms with Gasteiger partial charge in [-0.25, -0.2) is 0 Å². The van der Waals surface area contributed by atoms with Crippen LogP contribution in [-0.4, -0.2) is 0 Å². The molecule has 0 saturated heterocycles.